The van der Waals surface area contributed by atoms with Crippen molar-refractivity contribution in [2.75, 3.05) is 0 Å². The normalized spacial score (nSPS) is 15.9. The Morgan fingerprint density at radius 3 is 2.29 bits per heavy atom. The van der Waals surface area contributed by atoms with Gasteiger partial charge in [-0.2, -0.15) is 0 Å². The first-order chi connectivity index (χ1) is 7.93. The highest BCUT2D eigenvalue weighted by Gasteiger charge is 2.29. The summed E-state index contributed by atoms with van der Waals surface area (Å²) in [6.07, 6.45) is 2.40. The molecule has 1 heterocycles. The van der Waals surface area contributed by atoms with Crippen LogP contribution < -0.4 is 5.56 Å². The van der Waals surface area contributed by atoms with Gasteiger partial charge in [-0.3, -0.25) is 4.79 Å². The van der Waals surface area contributed by atoms with Gasteiger partial charge in [0, 0.05) is 11.7 Å². The number of halogens is 1. The highest BCUT2D eigenvalue weighted by atomic mass is 35.5. The molecular formula is C14H20ClNO. The minimum Gasteiger partial charge on any atom is -0.309 e. The zero-order valence-corrected chi connectivity index (χ0v) is 11.7. The Balaban J connectivity index is 2.67. The maximum absolute atomic E-state index is 12.3. The predicted molar refractivity (Wildman–Crippen MR) is 72.2 cm³/mol. The van der Waals surface area contributed by atoms with Gasteiger partial charge < -0.3 is 4.57 Å². The maximum Gasteiger partial charge on any atom is 0.270 e. The summed E-state index contributed by atoms with van der Waals surface area (Å²) >= 11 is 6.20. The lowest BCUT2D eigenvalue weighted by atomic mass is 10.0. The van der Waals surface area contributed by atoms with Crippen molar-refractivity contribution < 1.29 is 0 Å². The molecule has 1 aromatic heterocycles. The van der Waals surface area contributed by atoms with Gasteiger partial charge in [-0.1, -0.05) is 25.4 Å². The van der Waals surface area contributed by atoms with Crippen LogP contribution in [0.15, 0.2) is 10.9 Å². The van der Waals surface area contributed by atoms with E-state index in [1.165, 1.54) is 18.5 Å². The van der Waals surface area contributed by atoms with E-state index in [-0.39, 0.29) is 11.6 Å². The molecule has 17 heavy (non-hydrogen) atoms. The first-order valence-corrected chi connectivity index (χ1v) is 6.76. The third-order valence-electron chi connectivity index (χ3n) is 3.38. The Morgan fingerprint density at radius 2 is 1.88 bits per heavy atom. The minimum absolute atomic E-state index is 0.0187. The summed E-state index contributed by atoms with van der Waals surface area (Å²) in [6, 6.07) is 2.32. The Morgan fingerprint density at radius 1 is 1.29 bits per heavy atom. The van der Waals surface area contributed by atoms with Crippen LogP contribution in [0.5, 0.6) is 0 Å². The third-order valence-corrected chi connectivity index (χ3v) is 3.76. The van der Waals surface area contributed by atoms with E-state index >= 15 is 0 Å². The number of pyridine rings is 1. The van der Waals surface area contributed by atoms with E-state index in [9.17, 15) is 4.79 Å². The standard InChI is InChI=1S/C14H20ClNO/c1-8(2)11-7-12(10-5-6-10)16(9(3)4)14(17)13(11)15/h7-10H,5-6H2,1-4H3. The largest absolute Gasteiger partial charge is 0.309 e. The van der Waals surface area contributed by atoms with E-state index in [2.05, 4.69) is 19.9 Å². The summed E-state index contributed by atoms with van der Waals surface area (Å²) in [7, 11) is 0. The first kappa shape index (κ1) is 12.7. The zero-order chi connectivity index (χ0) is 12.7. The number of rotatable bonds is 3. The third kappa shape index (κ3) is 2.28. The summed E-state index contributed by atoms with van der Waals surface area (Å²) in [5.41, 5.74) is 2.16. The van der Waals surface area contributed by atoms with E-state index in [0.29, 0.717) is 16.9 Å². The highest BCUT2D eigenvalue weighted by Crippen LogP contribution is 2.41. The molecule has 1 aliphatic rings. The molecule has 94 valence electrons. The van der Waals surface area contributed by atoms with Crippen LogP contribution in [0.2, 0.25) is 5.02 Å². The van der Waals surface area contributed by atoms with Gasteiger partial charge in [-0.15, -0.1) is 0 Å². The zero-order valence-electron chi connectivity index (χ0n) is 11.0. The van der Waals surface area contributed by atoms with Crippen LogP contribution in [-0.2, 0) is 0 Å². The molecule has 0 aromatic carbocycles. The van der Waals surface area contributed by atoms with Crippen molar-refractivity contribution in [1.29, 1.82) is 0 Å². The monoisotopic (exact) mass is 253 g/mol. The molecule has 1 fully saturated rings. The van der Waals surface area contributed by atoms with Crippen LogP contribution in [0.3, 0.4) is 0 Å². The quantitative estimate of drug-likeness (QED) is 0.796. The second kappa shape index (κ2) is 4.49. The van der Waals surface area contributed by atoms with Gasteiger partial charge >= 0.3 is 0 Å². The number of aromatic nitrogens is 1. The topological polar surface area (TPSA) is 22.0 Å². The molecule has 0 spiro atoms. The van der Waals surface area contributed by atoms with E-state index in [1.807, 2.05) is 18.4 Å². The average molecular weight is 254 g/mol. The number of hydrogen-bond donors (Lipinski definition) is 0. The van der Waals surface area contributed by atoms with Gasteiger partial charge in [0.2, 0.25) is 0 Å². The van der Waals surface area contributed by atoms with E-state index < -0.39 is 0 Å². The van der Waals surface area contributed by atoms with Gasteiger partial charge in [-0.05, 0) is 50.2 Å². The van der Waals surface area contributed by atoms with E-state index in [0.717, 1.165) is 5.56 Å². The number of nitrogens with zero attached hydrogens (tertiary/aromatic N) is 1. The molecule has 1 aromatic rings. The van der Waals surface area contributed by atoms with E-state index in [4.69, 9.17) is 11.6 Å². The molecule has 0 atom stereocenters. The van der Waals surface area contributed by atoms with Gasteiger partial charge in [0.15, 0.2) is 0 Å². The number of hydrogen-bond acceptors (Lipinski definition) is 1. The van der Waals surface area contributed by atoms with Crippen LogP contribution in [0, 0.1) is 0 Å². The molecule has 0 saturated heterocycles. The Labute approximate surface area is 108 Å². The lowest BCUT2D eigenvalue weighted by Gasteiger charge is -2.20. The van der Waals surface area contributed by atoms with Crippen LogP contribution in [0.1, 0.15) is 69.7 Å². The van der Waals surface area contributed by atoms with Crippen LogP contribution >= 0.6 is 11.6 Å². The Hall–Kier alpha value is -0.760. The summed E-state index contributed by atoms with van der Waals surface area (Å²) in [5.74, 6) is 0.870. The molecule has 1 saturated carbocycles. The second-order valence-electron chi connectivity index (χ2n) is 5.54. The fourth-order valence-electron chi connectivity index (χ4n) is 2.29. The van der Waals surface area contributed by atoms with Crippen LogP contribution in [0.25, 0.3) is 0 Å². The van der Waals surface area contributed by atoms with E-state index in [1.54, 1.807) is 0 Å². The molecule has 2 nitrogen and oxygen atoms in total. The van der Waals surface area contributed by atoms with Crippen LogP contribution in [-0.4, -0.2) is 4.57 Å². The van der Waals surface area contributed by atoms with Crippen molar-refractivity contribution in [1.82, 2.24) is 4.57 Å². The summed E-state index contributed by atoms with van der Waals surface area (Å²) in [6.45, 7) is 8.24. The van der Waals surface area contributed by atoms with Crippen molar-refractivity contribution >= 4 is 11.6 Å². The summed E-state index contributed by atoms with van der Waals surface area (Å²) in [4.78, 5) is 12.3. The minimum atomic E-state index is -0.0187. The Bertz CT molecular complexity index is 484. The molecular weight excluding hydrogens is 234 g/mol. The molecule has 0 amide bonds. The van der Waals surface area contributed by atoms with Gasteiger partial charge in [-0.25, -0.2) is 0 Å². The molecule has 0 aliphatic heterocycles. The van der Waals surface area contributed by atoms with Crippen LogP contribution in [0.4, 0.5) is 0 Å². The molecule has 0 N–H and O–H groups in total. The van der Waals surface area contributed by atoms with Crippen molar-refractivity contribution in [3.8, 4) is 0 Å². The molecule has 0 unspecified atom stereocenters. The van der Waals surface area contributed by atoms with Crippen molar-refractivity contribution in [2.24, 2.45) is 0 Å². The molecule has 1 aliphatic carbocycles. The fourth-order valence-corrected chi connectivity index (χ4v) is 2.65. The highest BCUT2D eigenvalue weighted by molar-refractivity contribution is 6.31. The lowest BCUT2D eigenvalue weighted by Crippen LogP contribution is -2.26. The summed E-state index contributed by atoms with van der Waals surface area (Å²) < 4.78 is 1.87. The lowest BCUT2D eigenvalue weighted by molar-refractivity contribution is 0.548. The maximum atomic E-state index is 12.3. The van der Waals surface area contributed by atoms with Gasteiger partial charge in [0.25, 0.3) is 5.56 Å². The molecule has 3 heteroatoms. The Kier molecular flexibility index (Phi) is 3.35. The first-order valence-electron chi connectivity index (χ1n) is 6.38. The SMILES string of the molecule is CC(C)c1cc(C2CC2)n(C(C)C)c(=O)c1Cl. The van der Waals surface area contributed by atoms with Crippen molar-refractivity contribution in [3.63, 3.8) is 0 Å². The second-order valence-corrected chi connectivity index (χ2v) is 5.91. The van der Waals surface area contributed by atoms with Gasteiger partial charge in [0.05, 0.1) is 0 Å². The fraction of sp³-hybridized carbons (Fsp3) is 0.643. The molecule has 0 radical (unpaired) electrons. The summed E-state index contributed by atoms with van der Waals surface area (Å²) in [5, 5.41) is 0.401. The average Bonchev–Trinajstić information content (AvgIpc) is 3.03. The predicted octanol–water partition coefficient (Wildman–Crippen LogP) is 4.08. The van der Waals surface area contributed by atoms with Gasteiger partial charge in [0.1, 0.15) is 5.02 Å². The van der Waals surface area contributed by atoms with Crippen molar-refractivity contribution in [3.05, 3.63) is 32.7 Å². The molecule has 0 bridgehead atoms. The smallest absolute Gasteiger partial charge is 0.270 e. The molecule has 2 rings (SSSR count). The van der Waals surface area contributed by atoms with Crippen molar-refractivity contribution in [2.45, 2.75) is 58.4 Å².